The van der Waals surface area contributed by atoms with Crippen molar-refractivity contribution < 1.29 is 15.0 Å². The summed E-state index contributed by atoms with van der Waals surface area (Å²) in [7, 11) is 0. The molecule has 0 bridgehead atoms. The van der Waals surface area contributed by atoms with Gasteiger partial charge in [0.05, 0.1) is 5.56 Å². The van der Waals surface area contributed by atoms with E-state index >= 15 is 0 Å². The molecule has 1 aromatic rings. The molecule has 1 rings (SSSR count). The summed E-state index contributed by atoms with van der Waals surface area (Å²) in [6.07, 6.45) is 11.3. The van der Waals surface area contributed by atoms with Crippen LogP contribution in [0.1, 0.15) is 81.5 Å². The van der Waals surface area contributed by atoms with Crippen LogP contribution in [-0.4, -0.2) is 16.0 Å². The van der Waals surface area contributed by atoms with Crippen molar-refractivity contribution in [1.82, 2.24) is 0 Å². The third-order valence-corrected chi connectivity index (χ3v) is 3.79. The number of hydrogen-bond donors (Lipinski definition) is 2. The Hall–Kier alpha value is -1.51. The van der Waals surface area contributed by atoms with Crippen LogP contribution in [0.2, 0.25) is 0 Å². The predicted octanol–water partition coefficient (Wildman–Crippen LogP) is 5.20. The molecule has 1 aromatic carbocycles. The minimum atomic E-state index is -0.0913. The number of phenolic OH excluding ortho intramolecular Hbond substituents is 2. The molecule has 118 valence electrons. The van der Waals surface area contributed by atoms with E-state index in [2.05, 4.69) is 6.92 Å². The van der Waals surface area contributed by atoms with Gasteiger partial charge >= 0.3 is 0 Å². The fraction of sp³-hybridized carbons (Fsp3) is 0.611. The van der Waals surface area contributed by atoms with Crippen LogP contribution in [0.5, 0.6) is 11.5 Å². The zero-order valence-corrected chi connectivity index (χ0v) is 13.1. The molecule has 0 saturated heterocycles. The van der Waals surface area contributed by atoms with E-state index in [0.29, 0.717) is 6.42 Å². The Morgan fingerprint density at radius 3 is 2.10 bits per heavy atom. The van der Waals surface area contributed by atoms with Crippen molar-refractivity contribution in [2.75, 3.05) is 0 Å². The third-order valence-electron chi connectivity index (χ3n) is 3.79. The van der Waals surface area contributed by atoms with Crippen LogP contribution in [0, 0.1) is 0 Å². The van der Waals surface area contributed by atoms with Gasteiger partial charge in [-0.2, -0.15) is 0 Å². The highest BCUT2D eigenvalue weighted by molar-refractivity contribution is 5.98. The number of rotatable bonds is 11. The SMILES string of the molecule is CCCCCCCCCCCC(=O)c1cc(O)ccc1O. The first kappa shape index (κ1) is 17.5. The molecule has 0 amide bonds. The molecule has 0 saturated carbocycles. The number of unbranched alkanes of at least 4 members (excludes halogenated alkanes) is 8. The van der Waals surface area contributed by atoms with Crippen molar-refractivity contribution in [3.8, 4) is 11.5 Å². The van der Waals surface area contributed by atoms with E-state index in [4.69, 9.17) is 0 Å². The van der Waals surface area contributed by atoms with Gasteiger partial charge in [0, 0.05) is 6.42 Å². The second kappa shape index (κ2) is 10.3. The van der Waals surface area contributed by atoms with E-state index in [-0.39, 0.29) is 22.8 Å². The highest BCUT2D eigenvalue weighted by Gasteiger charge is 2.11. The second-order valence-electron chi connectivity index (χ2n) is 5.70. The van der Waals surface area contributed by atoms with Crippen molar-refractivity contribution in [2.45, 2.75) is 71.1 Å². The van der Waals surface area contributed by atoms with Gasteiger partial charge in [-0.3, -0.25) is 4.79 Å². The van der Waals surface area contributed by atoms with Gasteiger partial charge in [-0.1, -0.05) is 58.3 Å². The Bertz CT molecular complexity index is 426. The van der Waals surface area contributed by atoms with E-state index < -0.39 is 0 Å². The molecule has 0 atom stereocenters. The van der Waals surface area contributed by atoms with E-state index in [0.717, 1.165) is 12.8 Å². The highest BCUT2D eigenvalue weighted by atomic mass is 16.3. The summed E-state index contributed by atoms with van der Waals surface area (Å²) in [5, 5.41) is 19.0. The van der Waals surface area contributed by atoms with Gasteiger partial charge < -0.3 is 10.2 Å². The summed E-state index contributed by atoms with van der Waals surface area (Å²) < 4.78 is 0. The Labute approximate surface area is 128 Å². The molecule has 0 radical (unpaired) electrons. The Kier molecular flexibility index (Phi) is 8.56. The van der Waals surface area contributed by atoms with Crippen LogP contribution in [0.25, 0.3) is 0 Å². The third kappa shape index (κ3) is 7.16. The summed E-state index contributed by atoms with van der Waals surface area (Å²) in [6.45, 7) is 2.22. The van der Waals surface area contributed by atoms with Crippen LogP contribution < -0.4 is 0 Å². The Balaban J connectivity index is 2.12. The maximum atomic E-state index is 12.0. The van der Waals surface area contributed by atoms with Gasteiger partial charge in [-0.25, -0.2) is 0 Å². The minimum Gasteiger partial charge on any atom is -0.508 e. The molecule has 0 aliphatic carbocycles. The average Bonchev–Trinajstić information content (AvgIpc) is 2.48. The lowest BCUT2D eigenvalue weighted by atomic mass is 10.0. The summed E-state index contributed by atoms with van der Waals surface area (Å²) >= 11 is 0. The zero-order valence-electron chi connectivity index (χ0n) is 13.1. The van der Waals surface area contributed by atoms with Crippen molar-refractivity contribution in [3.05, 3.63) is 23.8 Å². The van der Waals surface area contributed by atoms with Crippen molar-refractivity contribution in [3.63, 3.8) is 0 Å². The fourth-order valence-electron chi connectivity index (χ4n) is 2.48. The topological polar surface area (TPSA) is 57.5 Å². The number of ketones is 1. The summed E-state index contributed by atoms with van der Waals surface area (Å²) in [4.78, 5) is 12.0. The predicted molar refractivity (Wildman–Crippen MR) is 85.9 cm³/mol. The normalized spacial score (nSPS) is 10.7. The zero-order chi connectivity index (χ0) is 15.5. The summed E-state index contributed by atoms with van der Waals surface area (Å²) in [5.41, 5.74) is 0.231. The quantitative estimate of drug-likeness (QED) is 0.335. The van der Waals surface area contributed by atoms with Crippen LogP contribution in [0.4, 0.5) is 0 Å². The lowest BCUT2D eigenvalue weighted by Crippen LogP contribution is -1.99. The maximum Gasteiger partial charge on any atom is 0.166 e. The van der Waals surface area contributed by atoms with Gasteiger partial charge in [0.1, 0.15) is 11.5 Å². The molecule has 3 nitrogen and oxygen atoms in total. The van der Waals surface area contributed by atoms with Gasteiger partial charge in [0.15, 0.2) is 5.78 Å². The lowest BCUT2D eigenvalue weighted by Gasteiger charge is -2.05. The van der Waals surface area contributed by atoms with Crippen LogP contribution >= 0.6 is 0 Å². The molecule has 21 heavy (non-hydrogen) atoms. The molecule has 0 spiro atoms. The van der Waals surface area contributed by atoms with E-state index in [1.165, 1.54) is 63.1 Å². The smallest absolute Gasteiger partial charge is 0.166 e. The van der Waals surface area contributed by atoms with E-state index in [9.17, 15) is 15.0 Å². The van der Waals surface area contributed by atoms with Crippen molar-refractivity contribution >= 4 is 5.78 Å². The van der Waals surface area contributed by atoms with Crippen molar-refractivity contribution in [1.29, 1.82) is 0 Å². The molecule has 0 aromatic heterocycles. The van der Waals surface area contributed by atoms with E-state index in [1.807, 2.05) is 0 Å². The highest BCUT2D eigenvalue weighted by Crippen LogP contribution is 2.24. The Morgan fingerprint density at radius 1 is 0.905 bits per heavy atom. The monoisotopic (exact) mass is 292 g/mol. The molecular formula is C18H28O3. The van der Waals surface area contributed by atoms with Crippen molar-refractivity contribution in [2.24, 2.45) is 0 Å². The first-order valence-corrected chi connectivity index (χ1v) is 8.20. The van der Waals surface area contributed by atoms with Gasteiger partial charge in [0.25, 0.3) is 0 Å². The van der Waals surface area contributed by atoms with E-state index in [1.54, 1.807) is 0 Å². The molecule has 0 aliphatic heterocycles. The summed E-state index contributed by atoms with van der Waals surface area (Å²) in [5.74, 6) is -0.122. The second-order valence-corrected chi connectivity index (χ2v) is 5.70. The average molecular weight is 292 g/mol. The van der Waals surface area contributed by atoms with Crippen LogP contribution in [-0.2, 0) is 0 Å². The van der Waals surface area contributed by atoms with Crippen LogP contribution in [0.3, 0.4) is 0 Å². The van der Waals surface area contributed by atoms with Crippen LogP contribution in [0.15, 0.2) is 18.2 Å². The van der Waals surface area contributed by atoms with Gasteiger partial charge in [-0.15, -0.1) is 0 Å². The largest absolute Gasteiger partial charge is 0.508 e. The summed E-state index contributed by atoms with van der Waals surface area (Å²) in [6, 6.07) is 4.08. The molecule has 3 heteroatoms. The molecule has 0 heterocycles. The molecular weight excluding hydrogens is 264 g/mol. The number of Topliss-reactive ketones (excluding diaryl/α,β-unsaturated/α-hetero) is 1. The fourth-order valence-corrected chi connectivity index (χ4v) is 2.48. The molecule has 0 unspecified atom stereocenters. The number of aromatic hydroxyl groups is 2. The maximum absolute atomic E-state index is 12.0. The minimum absolute atomic E-state index is 0.0169. The number of carbonyl (C=O) groups excluding carboxylic acids is 1. The number of carbonyl (C=O) groups is 1. The standard InChI is InChI=1S/C18H28O3/c1-2-3-4-5-6-7-8-9-10-11-17(20)16-14-15(19)12-13-18(16)21/h12-14,19,21H,2-11H2,1H3. The lowest BCUT2D eigenvalue weighted by molar-refractivity contribution is 0.0976. The van der Waals surface area contributed by atoms with Gasteiger partial charge in [0.2, 0.25) is 0 Å². The molecule has 0 fully saturated rings. The molecule has 0 aliphatic rings. The van der Waals surface area contributed by atoms with Gasteiger partial charge in [-0.05, 0) is 24.6 Å². The Morgan fingerprint density at radius 2 is 1.48 bits per heavy atom. The number of phenols is 2. The first-order valence-electron chi connectivity index (χ1n) is 8.20. The first-order chi connectivity index (χ1) is 10.1. The number of benzene rings is 1. The number of hydrogen-bond acceptors (Lipinski definition) is 3. The molecule has 2 N–H and O–H groups in total.